The average molecular weight is 154 g/mol. The van der Waals surface area contributed by atoms with Crippen LogP contribution in [-0.2, 0) is 0 Å². The number of hydrogen-bond donors (Lipinski definition) is 1. The van der Waals surface area contributed by atoms with E-state index < -0.39 is 0 Å². The van der Waals surface area contributed by atoms with Gasteiger partial charge in [0, 0.05) is 0 Å². The Hall–Kier alpha value is -0.300. The quantitative estimate of drug-likeness (QED) is 0.531. The van der Waals surface area contributed by atoms with Crippen LogP contribution in [0.5, 0.6) is 0 Å². The van der Waals surface area contributed by atoms with Gasteiger partial charge in [-0.05, 0) is 44.6 Å². The van der Waals surface area contributed by atoms with Gasteiger partial charge in [-0.3, -0.25) is 0 Å². The zero-order valence-electron chi connectivity index (χ0n) is 7.72. The van der Waals surface area contributed by atoms with Gasteiger partial charge in [0.05, 0.1) is 6.10 Å². The molecule has 2 unspecified atom stereocenters. The number of rotatable bonds is 0. The molecule has 11 heavy (non-hydrogen) atoms. The molecule has 0 spiro atoms. The molecular weight excluding hydrogens is 136 g/mol. The van der Waals surface area contributed by atoms with Crippen molar-refractivity contribution in [2.75, 3.05) is 0 Å². The first-order chi connectivity index (χ1) is 5.11. The van der Waals surface area contributed by atoms with Gasteiger partial charge in [-0.25, -0.2) is 0 Å². The van der Waals surface area contributed by atoms with E-state index in [4.69, 9.17) is 0 Å². The number of allylic oxidation sites excluding steroid dienone is 1. The van der Waals surface area contributed by atoms with Crippen molar-refractivity contribution in [2.24, 2.45) is 5.92 Å². The van der Waals surface area contributed by atoms with Crippen molar-refractivity contribution in [3.8, 4) is 0 Å². The highest BCUT2D eigenvalue weighted by molar-refractivity contribution is 5.16. The van der Waals surface area contributed by atoms with Gasteiger partial charge in [0.1, 0.15) is 0 Å². The van der Waals surface area contributed by atoms with Crippen molar-refractivity contribution < 1.29 is 5.11 Å². The maximum Gasteiger partial charge on any atom is 0.0755 e. The van der Waals surface area contributed by atoms with Crippen molar-refractivity contribution in [1.29, 1.82) is 0 Å². The first-order valence-corrected chi connectivity index (χ1v) is 4.45. The Morgan fingerprint density at radius 2 is 2.09 bits per heavy atom. The van der Waals surface area contributed by atoms with Gasteiger partial charge in [0.15, 0.2) is 0 Å². The van der Waals surface area contributed by atoms with Crippen LogP contribution in [0.2, 0.25) is 0 Å². The maximum atomic E-state index is 9.65. The summed E-state index contributed by atoms with van der Waals surface area (Å²) in [6.45, 7) is 6.40. The van der Waals surface area contributed by atoms with Crippen LogP contribution in [0.4, 0.5) is 0 Å². The number of hydrogen-bond acceptors (Lipinski definition) is 1. The van der Waals surface area contributed by atoms with E-state index in [2.05, 4.69) is 20.8 Å². The minimum Gasteiger partial charge on any atom is -0.389 e. The molecule has 1 heteroatoms. The van der Waals surface area contributed by atoms with Crippen LogP contribution in [0.3, 0.4) is 0 Å². The molecule has 1 rings (SSSR count). The Balaban J connectivity index is 2.65. The molecule has 64 valence electrons. The normalized spacial score (nSPS) is 32.2. The molecule has 2 atom stereocenters. The highest BCUT2D eigenvalue weighted by Crippen LogP contribution is 2.29. The summed E-state index contributed by atoms with van der Waals surface area (Å²) in [6, 6.07) is 0. The van der Waals surface area contributed by atoms with Crippen molar-refractivity contribution in [2.45, 2.75) is 46.1 Å². The fourth-order valence-corrected chi connectivity index (χ4v) is 1.79. The van der Waals surface area contributed by atoms with Crippen molar-refractivity contribution in [3.05, 3.63) is 11.1 Å². The lowest BCUT2D eigenvalue weighted by Crippen LogP contribution is -2.21. The zero-order valence-corrected chi connectivity index (χ0v) is 7.72. The van der Waals surface area contributed by atoms with E-state index in [1.165, 1.54) is 17.6 Å². The van der Waals surface area contributed by atoms with Crippen molar-refractivity contribution in [1.82, 2.24) is 0 Å². The van der Waals surface area contributed by atoms with Crippen LogP contribution in [0.15, 0.2) is 11.1 Å². The second kappa shape index (κ2) is 3.40. The SMILES string of the molecule is CC(C)=C1CCC(C)CC1O. The molecule has 0 aliphatic heterocycles. The summed E-state index contributed by atoms with van der Waals surface area (Å²) in [5.74, 6) is 0.702. The molecule has 0 aromatic heterocycles. The first kappa shape index (κ1) is 8.79. The van der Waals surface area contributed by atoms with E-state index >= 15 is 0 Å². The van der Waals surface area contributed by atoms with Crippen molar-refractivity contribution >= 4 is 0 Å². The number of aliphatic hydroxyl groups is 1. The minimum absolute atomic E-state index is 0.149. The fourth-order valence-electron chi connectivity index (χ4n) is 1.79. The highest BCUT2D eigenvalue weighted by Gasteiger charge is 2.21. The zero-order chi connectivity index (χ0) is 8.43. The van der Waals surface area contributed by atoms with E-state index in [1.54, 1.807) is 0 Å². The Morgan fingerprint density at radius 1 is 1.45 bits per heavy atom. The topological polar surface area (TPSA) is 20.2 Å². The minimum atomic E-state index is -0.149. The van der Waals surface area contributed by atoms with E-state index in [0.29, 0.717) is 5.92 Å². The standard InChI is InChI=1S/C10H18O/c1-7(2)9-5-4-8(3)6-10(9)11/h8,10-11H,4-6H2,1-3H3. The van der Waals surface area contributed by atoms with Gasteiger partial charge in [-0.1, -0.05) is 12.5 Å². The summed E-state index contributed by atoms with van der Waals surface area (Å²) in [5, 5.41) is 9.65. The summed E-state index contributed by atoms with van der Waals surface area (Å²) in [5.41, 5.74) is 2.59. The first-order valence-electron chi connectivity index (χ1n) is 4.45. The van der Waals surface area contributed by atoms with Gasteiger partial charge >= 0.3 is 0 Å². The molecule has 0 amide bonds. The van der Waals surface area contributed by atoms with Crippen LogP contribution in [0, 0.1) is 5.92 Å². The molecule has 1 nitrogen and oxygen atoms in total. The molecule has 1 N–H and O–H groups in total. The molecule has 1 aliphatic rings. The Labute approximate surface area is 69.1 Å². The van der Waals surface area contributed by atoms with Crippen LogP contribution in [0.1, 0.15) is 40.0 Å². The van der Waals surface area contributed by atoms with E-state index in [9.17, 15) is 5.11 Å². The second-order valence-electron chi connectivity index (χ2n) is 3.92. The van der Waals surface area contributed by atoms with E-state index in [0.717, 1.165) is 12.8 Å². The average Bonchev–Trinajstić information content (AvgIpc) is 1.85. The Kier molecular flexibility index (Phi) is 2.72. The van der Waals surface area contributed by atoms with Crippen LogP contribution < -0.4 is 0 Å². The van der Waals surface area contributed by atoms with Gasteiger partial charge in [-0.15, -0.1) is 0 Å². The molecule has 0 heterocycles. The molecule has 1 saturated carbocycles. The lowest BCUT2D eigenvalue weighted by Gasteiger charge is -2.26. The highest BCUT2D eigenvalue weighted by atomic mass is 16.3. The van der Waals surface area contributed by atoms with Crippen molar-refractivity contribution in [3.63, 3.8) is 0 Å². The molecule has 0 saturated heterocycles. The summed E-state index contributed by atoms with van der Waals surface area (Å²) in [7, 11) is 0. The largest absolute Gasteiger partial charge is 0.389 e. The molecule has 1 aliphatic carbocycles. The molecular formula is C10H18O. The third-order valence-electron chi connectivity index (χ3n) is 2.58. The Morgan fingerprint density at radius 3 is 2.55 bits per heavy atom. The maximum absolute atomic E-state index is 9.65. The fraction of sp³-hybridized carbons (Fsp3) is 0.800. The van der Waals surface area contributed by atoms with Crippen LogP contribution in [-0.4, -0.2) is 11.2 Å². The lowest BCUT2D eigenvalue weighted by atomic mass is 9.83. The summed E-state index contributed by atoms with van der Waals surface area (Å²) >= 11 is 0. The molecule has 0 aromatic rings. The molecule has 0 aromatic carbocycles. The monoisotopic (exact) mass is 154 g/mol. The Bertz CT molecular complexity index is 166. The van der Waals surface area contributed by atoms with Gasteiger partial charge < -0.3 is 5.11 Å². The third-order valence-corrected chi connectivity index (χ3v) is 2.58. The van der Waals surface area contributed by atoms with Crippen LogP contribution in [0.25, 0.3) is 0 Å². The lowest BCUT2D eigenvalue weighted by molar-refractivity contribution is 0.152. The van der Waals surface area contributed by atoms with E-state index in [-0.39, 0.29) is 6.10 Å². The molecule has 0 bridgehead atoms. The predicted octanol–water partition coefficient (Wildman–Crippen LogP) is 2.50. The number of aliphatic hydroxyl groups excluding tert-OH is 1. The predicted molar refractivity (Wildman–Crippen MR) is 47.4 cm³/mol. The van der Waals surface area contributed by atoms with Gasteiger partial charge in [0.2, 0.25) is 0 Å². The third kappa shape index (κ3) is 2.06. The summed E-state index contributed by atoms with van der Waals surface area (Å²) < 4.78 is 0. The van der Waals surface area contributed by atoms with Gasteiger partial charge in [0.25, 0.3) is 0 Å². The van der Waals surface area contributed by atoms with E-state index in [1.807, 2.05) is 0 Å². The summed E-state index contributed by atoms with van der Waals surface area (Å²) in [4.78, 5) is 0. The second-order valence-corrected chi connectivity index (χ2v) is 3.92. The summed E-state index contributed by atoms with van der Waals surface area (Å²) in [6.07, 6.45) is 3.16. The molecule has 0 radical (unpaired) electrons. The smallest absolute Gasteiger partial charge is 0.0755 e. The van der Waals surface area contributed by atoms with Crippen LogP contribution >= 0.6 is 0 Å². The molecule has 1 fully saturated rings. The van der Waals surface area contributed by atoms with Gasteiger partial charge in [-0.2, -0.15) is 0 Å².